The number of hydrogen-bond donors (Lipinski definition) is 2. The van der Waals surface area contributed by atoms with Crippen LogP contribution in [0, 0.1) is 17.0 Å². The molecule has 0 unspecified atom stereocenters. The van der Waals surface area contributed by atoms with Gasteiger partial charge in [-0.2, -0.15) is 0 Å². The maximum Gasteiger partial charge on any atom is 0.293 e. The summed E-state index contributed by atoms with van der Waals surface area (Å²) in [4.78, 5) is 25.0. The monoisotopic (exact) mass is 356 g/mol. The van der Waals surface area contributed by atoms with E-state index in [1.165, 1.54) is 11.6 Å². The number of nitrogens with two attached hydrogens (primary N) is 1. The summed E-state index contributed by atoms with van der Waals surface area (Å²) in [5.41, 5.74) is 7.64. The van der Waals surface area contributed by atoms with Gasteiger partial charge in [0.15, 0.2) is 0 Å². The molecule has 7 heteroatoms. The number of carbonyl (C=O) groups excluding carboxylic acids is 1. The molecule has 0 aromatic heterocycles. The van der Waals surface area contributed by atoms with Crippen molar-refractivity contribution >= 4 is 17.3 Å². The summed E-state index contributed by atoms with van der Waals surface area (Å²) in [6, 6.07) is 14.7. The lowest BCUT2D eigenvalue weighted by molar-refractivity contribution is -0.384. The third-order valence-corrected chi connectivity index (χ3v) is 4.08. The summed E-state index contributed by atoms with van der Waals surface area (Å²) in [6.45, 7) is 3.57. The van der Waals surface area contributed by atoms with Crippen LogP contribution in [0.5, 0.6) is 0 Å². The molecule has 2 rings (SSSR count). The molecule has 0 atom stereocenters. The van der Waals surface area contributed by atoms with Gasteiger partial charge in [0.2, 0.25) is 5.91 Å². The van der Waals surface area contributed by atoms with Crippen molar-refractivity contribution in [2.24, 2.45) is 5.73 Å². The molecule has 0 aliphatic carbocycles. The first-order valence-electron chi connectivity index (χ1n) is 8.51. The van der Waals surface area contributed by atoms with E-state index >= 15 is 0 Å². The van der Waals surface area contributed by atoms with Gasteiger partial charge in [0, 0.05) is 25.7 Å². The third-order valence-electron chi connectivity index (χ3n) is 4.08. The Morgan fingerprint density at radius 3 is 2.54 bits per heavy atom. The van der Waals surface area contributed by atoms with Crippen molar-refractivity contribution in [1.82, 2.24) is 4.90 Å². The summed E-state index contributed by atoms with van der Waals surface area (Å²) < 4.78 is 0. The van der Waals surface area contributed by atoms with E-state index in [1.807, 2.05) is 35.2 Å². The van der Waals surface area contributed by atoms with E-state index in [4.69, 9.17) is 5.73 Å². The number of rotatable bonds is 9. The van der Waals surface area contributed by atoms with E-state index in [0.717, 1.165) is 6.42 Å². The fourth-order valence-electron chi connectivity index (χ4n) is 2.73. The first-order chi connectivity index (χ1) is 12.5. The van der Waals surface area contributed by atoms with Crippen LogP contribution in [0.1, 0.15) is 11.1 Å². The van der Waals surface area contributed by atoms with Gasteiger partial charge in [-0.25, -0.2) is 0 Å². The minimum Gasteiger partial charge on any atom is -0.329 e. The molecule has 3 N–H and O–H groups in total. The zero-order valence-corrected chi connectivity index (χ0v) is 14.9. The zero-order chi connectivity index (χ0) is 18.9. The number of aryl methyl sites for hydroxylation is 1. The van der Waals surface area contributed by atoms with Gasteiger partial charge in [-0.1, -0.05) is 42.5 Å². The minimum absolute atomic E-state index is 0.104. The second-order valence-electron chi connectivity index (χ2n) is 6.07. The molecule has 0 aliphatic rings. The normalized spacial score (nSPS) is 10.7. The molecule has 26 heavy (non-hydrogen) atoms. The van der Waals surface area contributed by atoms with Gasteiger partial charge in [0.1, 0.15) is 5.69 Å². The van der Waals surface area contributed by atoms with Crippen LogP contribution >= 0.6 is 0 Å². The first kappa shape index (κ1) is 19.6. The van der Waals surface area contributed by atoms with Gasteiger partial charge in [-0.05, 0) is 24.5 Å². The van der Waals surface area contributed by atoms with Gasteiger partial charge < -0.3 is 11.1 Å². The number of nitrogens with one attached hydrogen (secondary N) is 1. The van der Waals surface area contributed by atoms with Crippen LogP contribution in [0.3, 0.4) is 0 Å². The quantitative estimate of drug-likeness (QED) is 0.530. The van der Waals surface area contributed by atoms with Crippen molar-refractivity contribution < 1.29 is 9.72 Å². The van der Waals surface area contributed by atoms with E-state index in [1.54, 1.807) is 19.1 Å². The molecule has 138 valence electrons. The Balaban J connectivity index is 2.00. The lowest BCUT2D eigenvalue weighted by Crippen LogP contribution is -2.38. The number of nitrogens with zero attached hydrogens (tertiary/aromatic N) is 2. The largest absolute Gasteiger partial charge is 0.329 e. The van der Waals surface area contributed by atoms with Crippen molar-refractivity contribution in [1.29, 1.82) is 0 Å². The molecule has 7 nitrogen and oxygen atoms in total. The SMILES string of the molecule is Cc1cccc([N+](=O)[O-])c1NC(=O)CN(CCN)CCc1ccccc1. The summed E-state index contributed by atoms with van der Waals surface area (Å²) >= 11 is 0. The second-order valence-corrected chi connectivity index (χ2v) is 6.07. The molecule has 2 aromatic carbocycles. The summed E-state index contributed by atoms with van der Waals surface area (Å²) in [5, 5.41) is 13.9. The highest BCUT2D eigenvalue weighted by Crippen LogP contribution is 2.27. The lowest BCUT2D eigenvalue weighted by atomic mass is 10.1. The summed E-state index contributed by atoms with van der Waals surface area (Å²) in [5.74, 6) is -0.288. The molecule has 0 fully saturated rings. The molecule has 2 aromatic rings. The third kappa shape index (κ3) is 5.65. The summed E-state index contributed by atoms with van der Waals surface area (Å²) in [7, 11) is 0. The molecule has 0 radical (unpaired) electrons. The highest BCUT2D eigenvalue weighted by molar-refractivity contribution is 5.95. The van der Waals surface area contributed by atoms with Crippen molar-refractivity contribution in [3.8, 4) is 0 Å². The molecule has 0 heterocycles. The maximum atomic E-state index is 12.4. The fraction of sp³-hybridized carbons (Fsp3) is 0.316. The van der Waals surface area contributed by atoms with E-state index in [9.17, 15) is 14.9 Å². The number of carbonyl (C=O) groups is 1. The molecule has 0 bridgehead atoms. The fourth-order valence-corrected chi connectivity index (χ4v) is 2.73. The average molecular weight is 356 g/mol. The highest BCUT2D eigenvalue weighted by atomic mass is 16.6. The van der Waals surface area contributed by atoms with Gasteiger partial charge in [0.05, 0.1) is 11.5 Å². The predicted octanol–water partition coefficient (Wildman–Crippen LogP) is 2.35. The molecule has 0 spiro atoms. The number of anilines is 1. The zero-order valence-electron chi connectivity index (χ0n) is 14.9. The Labute approximate surface area is 153 Å². The highest BCUT2D eigenvalue weighted by Gasteiger charge is 2.19. The minimum atomic E-state index is -0.490. The van der Waals surface area contributed by atoms with Crippen molar-refractivity contribution in [2.45, 2.75) is 13.3 Å². The van der Waals surface area contributed by atoms with E-state index in [2.05, 4.69) is 5.32 Å². The number of nitro groups is 1. The van der Waals surface area contributed by atoms with Gasteiger partial charge in [0.25, 0.3) is 5.69 Å². The lowest BCUT2D eigenvalue weighted by Gasteiger charge is -2.21. The molecule has 0 aliphatic heterocycles. The predicted molar refractivity (Wildman–Crippen MR) is 102 cm³/mol. The van der Waals surface area contributed by atoms with Crippen LogP contribution in [-0.2, 0) is 11.2 Å². The number of amides is 1. The topological polar surface area (TPSA) is 102 Å². The Hall–Kier alpha value is -2.77. The van der Waals surface area contributed by atoms with Crippen LogP contribution < -0.4 is 11.1 Å². The average Bonchev–Trinajstić information content (AvgIpc) is 2.62. The standard InChI is InChI=1S/C19H24N4O3/c1-15-6-5-9-17(23(25)26)19(15)21-18(24)14-22(13-11-20)12-10-16-7-3-2-4-8-16/h2-9H,10-14,20H2,1H3,(H,21,24). The van der Waals surface area contributed by atoms with Gasteiger partial charge in [-0.3, -0.25) is 19.8 Å². The molecule has 1 amide bonds. The van der Waals surface area contributed by atoms with Gasteiger partial charge >= 0.3 is 0 Å². The summed E-state index contributed by atoms with van der Waals surface area (Å²) in [6.07, 6.45) is 0.804. The number of para-hydroxylation sites is 1. The molecule has 0 saturated carbocycles. The van der Waals surface area contributed by atoms with Crippen LogP contribution in [0.25, 0.3) is 0 Å². The Morgan fingerprint density at radius 1 is 1.15 bits per heavy atom. The van der Waals surface area contributed by atoms with Crippen LogP contribution in [0.2, 0.25) is 0 Å². The van der Waals surface area contributed by atoms with Crippen molar-refractivity contribution in [3.63, 3.8) is 0 Å². The van der Waals surface area contributed by atoms with Crippen LogP contribution in [0.15, 0.2) is 48.5 Å². The smallest absolute Gasteiger partial charge is 0.293 e. The second kappa shape index (κ2) is 9.65. The van der Waals surface area contributed by atoms with Crippen molar-refractivity contribution in [2.75, 3.05) is 31.5 Å². The van der Waals surface area contributed by atoms with E-state index < -0.39 is 4.92 Å². The number of benzene rings is 2. The Morgan fingerprint density at radius 2 is 1.88 bits per heavy atom. The molecular weight excluding hydrogens is 332 g/mol. The van der Waals surface area contributed by atoms with Crippen LogP contribution in [-0.4, -0.2) is 41.9 Å². The number of hydrogen-bond acceptors (Lipinski definition) is 5. The Bertz CT molecular complexity index is 750. The molecular formula is C19H24N4O3. The number of nitro benzene ring substituents is 1. The maximum absolute atomic E-state index is 12.4. The van der Waals surface area contributed by atoms with Crippen LogP contribution in [0.4, 0.5) is 11.4 Å². The van der Waals surface area contributed by atoms with E-state index in [0.29, 0.717) is 25.2 Å². The first-order valence-corrected chi connectivity index (χ1v) is 8.51. The molecule has 0 saturated heterocycles. The van der Waals surface area contributed by atoms with Gasteiger partial charge in [-0.15, -0.1) is 0 Å². The van der Waals surface area contributed by atoms with E-state index in [-0.39, 0.29) is 23.8 Å². The Kier molecular flexibility index (Phi) is 7.25. The van der Waals surface area contributed by atoms with Crippen molar-refractivity contribution in [3.05, 3.63) is 69.8 Å².